The first-order valence-corrected chi connectivity index (χ1v) is 11.6. The highest BCUT2D eigenvalue weighted by Crippen LogP contribution is 2.25. The van der Waals surface area contributed by atoms with E-state index in [4.69, 9.17) is 0 Å². The van der Waals surface area contributed by atoms with Crippen LogP contribution in [0.2, 0.25) is 0 Å². The number of carbonyl (C=O) groups is 1. The quantitative estimate of drug-likeness (QED) is 0.619. The number of aryl methyl sites for hydroxylation is 3. The second-order valence-electron chi connectivity index (χ2n) is 8.39. The minimum Gasteiger partial charge on any atom is -0.369 e. The molecule has 0 spiro atoms. The van der Waals surface area contributed by atoms with Crippen LogP contribution in [0.15, 0.2) is 47.3 Å². The highest BCUT2D eigenvalue weighted by Gasteiger charge is 2.18. The van der Waals surface area contributed by atoms with Crippen LogP contribution < -0.4 is 15.9 Å². The summed E-state index contributed by atoms with van der Waals surface area (Å²) in [6.07, 6.45) is 0.247. The highest BCUT2D eigenvalue weighted by atomic mass is 16.2. The molecular formula is C25H33N5O2. The number of aromatic nitrogens is 2. The van der Waals surface area contributed by atoms with Crippen LogP contribution in [0.25, 0.3) is 11.0 Å². The van der Waals surface area contributed by atoms with Crippen LogP contribution in [0.5, 0.6) is 0 Å². The van der Waals surface area contributed by atoms with Crippen molar-refractivity contribution >= 4 is 28.3 Å². The van der Waals surface area contributed by atoms with Gasteiger partial charge in [0.2, 0.25) is 5.91 Å². The van der Waals surface area contributed by atoms with E-state index in [0.717, 1.165) is 55.0 Å². The number of hydrogen-bond donors (Lipinski definition) is 1. The van der Waals surface area contributed by atoms with Gasteiger partial charge < -0.3 is 15.1 Å². The number of carbonyl (C=O) groups excluding carboxylic acids is 1. The molecule has 0 saturated carbocycles. The molecule has 1 saturated heterocycles. The van der Waals surface area contributed by atoms with Crippen molar-refractivity contribution in [3.8, 4) is 0 Å². The molecule has 0 radical (unpaired) electrons. The Morgan fingerprint density at radius 1 is 0.938 bits per heavy atom. The first-order chi connectivity index (χ1) is 15.5. The molecular weight excluding hydrogens is 402 g/mol. The zero-order chi connectivity index (χ0) is 22.7. The van der Waals surface area contributed by atoms with Gasteiger partial charge in [-0.25, -0.2) is 4.79 Å². The first kappa shape index (κ1) is 22.1. The topological polar surface area (TPSA) is 62.5 Å². The van der Waals surface area contributed by atoms with Gasteiger partial charge in [0.05, 0.1) is 11.0 Å². The number of nitrogens with zero attached hydrogens (tertiary/aromatic N) is 4. The monoisotopic (exact) mass is 435 g/mol. The number of hydrogen-bond acceptors (Lipinski definition) is 4. The van der Waals surface area contributed by atoms with Gasteiger partial charge >= 0.3 is 5.69 Å². The number of rotatable bonds is 7. The lowest BCUT2D eigenvalue weighted by Crippen LogP contribution is -2.46. The molecule has 3 aromatic rings. The Labute approximate surface area is 189 Å². The maximum absolute atomic E-state index is 12.7. The average molecular weight is 436 g/mol. The molecule has 2 aromatic carbocycles. The first-order valence-electron chi connectivity index (χ1n) is 11.6. The molecule has 0 aliphatic carbocycles. The summed E-state index contributed by atoms with van der Waals surface area (Å²) >= 11 is 0. The van der Waals surface area contributed by atoms with Gasteiger partial charge in [0.1, 0.15) is 0 Å². The Balaban J connectivity index is 1.40. The zero-order valence-corrected chi connectivity index (χ0v) is 19.3. The zero-order valence-electron chi connectivity index (χ0n) is 19.3. The predicted molar refractivity (Wildman–Crippen MR) is 131 cm³/mol. The number of amides is 1. The summed E-state index contributed by atoms with van der Waals surface area (Å²) in [4.78, 5) is 30.3. The van der Waals surface area contributed by atoms with Crippen LogP contribution in [0.4, 0.5) is 11.4 Å². The molecule has 1 amide bonds. The fraction of sp³-hybridized carbons (Fsp3) is 0.440. The molecule has 4 rings (SSSR count). The minimum absolute atomic E-state index is 0.0649. The molecule has 1 aliphatic rings. The van der Waals surface area contributed by atoms with E-state index >= 15 is 0 Å². The van der Waals surface area contributed by atoms with Gasteiger partial charge in [-0.2, -0.15) is 0 Å². The van der Waals surface area contributed by atoms with Gasteiger partial charge in [0.25, 0.3) is 0 Å². The van der Waals surface area contributed by atoms with Crippen LogP contribution in [-0.4, -0.2) is 52.7 Å². The van der Waals surface area contributed by atoms with E-state index in [1.807, 2.05) is 43.3 Å². The van der Waals surface area contributed by atoms with Crippen molar-refractivity contribution in [2.45, 2.75) is 40.3 Å². The average Bonchev–Trinajstić information content (AvgIpc) is 3.08. The lowest BCUT2D eigenvalue weighted by molar-refractivity contribution is -0.116. The van der Waals surface area contributed by atoms with E-state index in [0.29, 0.717) is 13.1 Å². The highest BCUT2D eigenvalue weighted by molar-refractivity contribution is 5.91. The number of benzene rings is 2. The van der Waals surface area contributed by atoms with Gasteiger partial charge in [-0.15, -0.1) is 0 Å². The summed E-state index contributed by atoms with van der Waals surface area (Å²) in [5.41, 5.74) is 4.91. The molecule has 0 atom stereocenters. The van der Waals surface area contributed by atoms with Crippen molar-refractivity contribution in [2.24, 2.45) is 0 Å². The molecule has 32 heavy (non-hydrogen) atoms. The molecule has 1 aliphatic heterocycles. The Morgan fingerprint density at radius 2 is 1.62 bits per heavy atom. The largest absolute Gasteiger partial charge is 0.369 e. The third kappa shape index (κ3) is 4.43. The molecule has 7 heteroatoms. The van der Waals surface area contributed by atoms with Crippen LogP contribution in [0.1, 0.15) is 25.8 Å². The van der Waals surface area contributed by atoms with Crippen LogP contribution >= 0.6 is 0 Å². The Bertz CT molecular complexity index is 1150. The summed E-state index contributed by atoms with van der Waals surface area (Å²) < 4.78 is 3.44. The van der Waals surface area contributed by atoms with Gasteiger partial charge in [-0.05, 0) is 56.3 Å². The Kier molecular flexibility index (Phi) is 6.65. The number of piperazine rings is 1. The van der Waals surface area contributed by atoms with Crippen LogP contribution in [0, 0.1) is 6.92 Å². The molecule has 170 valence electrons. The number of likely N-dealkylation sites (N-methyl/N-ethyl adjacent to an activating group) is 1. The van der Waals surface area contributed by atoms with Gasteiger partial charge in [0.15, 0.2) is 0 Å². The smallest absolute Gasteiger partial charge is 0.329 e. The van der Waals surface area contributed by atoms with Crippen molar-refractivity contribution in [2.75, 3.05) is 42.9 Å². The van der Waals surface area contributed by atoms with E-state index in [1.165, 1.54) is 5.69 Å². The number of nitrogens with one attached hydrogen (secondary N) is 1. The van der Waals surface area contributed by atoms with Crippen molar-refractivity contribution in [1.29, 1.82) is 0 Å². The maximum atomic E-state index is 12.7. The summed E-state index contributed by atoms with van der Waals surface area (Å²) in [6, 6.07) is 13.8. The summed E-state index contributed by atoms with van der Waals surface area (Å²) in [6.45, 7) is 12.6. The third-order valence-electron chi connectivity index (χ3n) is 6.44. The van der Waals surface area contributed by atoms with Crippen molar-refractivity contribution in [1.82, 2.24) is 14.0 Å². The fourth-order valence-corrected chi connectivity index (χ4v) is 4.62. The van der Waals surface area contributed by atoms with Crippen molar-refractivity contribution in [3.05, 3.63) is 58.5 Å². The van der Waals surface area contributed by atoms with Crippen LogP contribution in [0.3, 0.4) is 0 Å². The fourth-order valence-electron chi connectivity index (χ4n) is 4.62. The molecule has 1 N–H and O–H groups in total. The minimum atomic E-state index is -0.0889. The lowest BCUT2D eigenvalue weighted by Gasteiger charge is -2.36. The predicted octanol–water partition coefficient (Wildman–Crippen LogP) is 3.30. The molecule has 0 bridgehead atoms. The maximum Gasteiger partial charge on any atom is 0.329 e. The van der Waals surface area contributed by atoms with Gasteiger partial charge in [0, 0.05) is 57.1 Å². The van der Waals surface area contributed by atoms with Crippen LogP contribution in [-0.2, 0) is 17.9 Å². The SMILES string of the molecule is CCN1CCN(c2ccc(NC(=O)CCn3c(=O)n(CC)c4ccccc43)cc2C)CC1. The molecule has 7 nitrogen and oxygen atoms in total. The number of imidazole rings is 1. The van der Waals surface area contributed by atoms with E-state index in [2.05, 4.69) is 35.0 Å². The number of para-hydroxylation sites is 2. The summed E-state index contributed by atoms with van der Waals surface area (Å²) in [5.74, 6) is -0.0889. The Hall–Kier alpha value is -3.06. The normalized spacial score (nSPS) is 14.8. The van der Waals surface area contributed by atoms with Gasteiger partial charge in [-0.1, -0.05) is 19.1 Å². The van der Waals surface area contributed by atoms with Crippen molar-refractivity contribution < 1.29 is 4.79 Å². The standard InChI is InChI=1S/C25H33N5O2/c1-4-27-14-16-28(17-15-27)21-11-10-20(18-19(21)3)26-24(31)12-13-30-23-9-7-6-8-22(23)29(5-2)25(30)32/h6-11,18H,4-5,12-17H2,1-3H3,(H,26,31). The lowest BCUT2D eigenvalue weighted by atomic mass is 10.1. The van der Waals surface area contributed by atoms with E-state index < -0.39 is 0 Å². The number of fused-ring (bicyclic) bond motifs is 1. The van der Waals surface area contributed by atoms with E-state index in [9.17, 15) is 9.59 Å². The van der Waals surface area contributed by atoms with E-state index in [-0.39, 0.29) is 18.0 Å². The molecule has 0 unspecified atom stereocenters. The second-order valence-corrected chi connectivity index (χ2v) is 8.39. The molecule has 2 heterocycles. The van der Waals surface area contributed by atoms with Crippen molar-refractivity contribution in [3.63, 3.8) is 0 Å². The van der Waals surface area contributed by atoms with Gasteiger partial charge in [-0.3, -0.25) is 13.9 Å². The molecule has 1 aromatic heterocycles. The summed E-state index contributed by atoms with van der Waals surface area (Å²) in [7, 11) is 0. The number of anilines is 2. The third-order valence-corrected chi connectivity index (χ3v) is 6.44. The summed E-state index contributed by atoms with van der Waals surface area (Å²) in [5, 5.41) is 3.00. The second kappa shape index (κ2) is 9.61. The molecule has 1 fully saturated rings. The van der Waals surface area contributed by atoms with E-state index in [1.54, 1.807) is 9.13 Å². The Morgan fingerprint density at radius 3 is 2.25 bits per heavy atom.